The number of carbonyl (C=O) groups excluding carboxylic acids is 1. The zero-order valence-corrected chi connectivity index (χ0v) is 10.3. The predicted octanol–water partition coefficient (Wildman–Crippen LogP) is 1.52. The normalized spacial score (nSPS) is 12.1. The van der Waals surface area contributed by atoms with Crippen LogP contribution < -0.4 is 5.32 Å². The number of hydrogen-bond acceptors (Lipinski definition) is 4. The van der Waals surface area contributed by atoms with Gasteiger partial charge in [0.2, 0.25) is 0 Å². The van der Waals surface area contributed by atoms with E-state index in [0.29, 0.717) is 18.0 Å². The molecule has 0 radical (unpaired) electrons. The van der Waals surface area contributed by atoms with Gasteiger partial charge in [-0.25, -0.2) is 0 Å². The quantitative estimate of drug-likeness (QED) is 0.819. The van der Waals surface area contributed by atoms with E-state index >= 15 is 0 Å². The van der Waals surface area contributed by atoms with Crippen LogP contribution in [0.25, 0.3) is 0 Å². The largest absolute Gasteiger partial charge is 0.506 e. The van der Waals surface area contributed by atoms with Crippen LogP contribution in [0, 0.1) is 5.92 Å². The van der Waals surface area contributed by atoms with Gasteiger partial charge in [-0.2, -0.15) is 11.8 Å². The molecule has 0 aliphatic rings. The third-order valence-corrected chi connectivity index (χ3v) is 2.95. The molecule has 1 heterocycles. The Kier molecular flexibility index (Phi) is 5.11. The smallest absolute Gasteiger partial charge is 0.252 e. The fourth-order valence-electron chi connectivity index (χ4n) is 1.26. The Labute approximate surface area is 99.5 Å². The number of aromatic nitrogens is 1. The van der Waals surface area contributed by atoms with Gasteiger partial charge in [-0.3, -0.25) is 9.78 Å². The zero-order chi connectivity index (χ0) is 12.0. The minimum Gasteiger partial charge on any atom is -0.506 e. The highest BCUT2D eigenvalue weighted by molar-refractivity contribution is 7.98. The van der Waals surface area contributed by atoms with E-state index in [0.717, 1.165) is 5.75 Å². The van der Waals surface area contributed by atoms with E-state index in [1.165, 1.54) is 18.5 Å². The number of nitrogens with zero attached hydrogens (tertiary/aromatic N) is 1. The molecule has 2 N–H and O–H groups in total. The number of amides is 1. The molecule has 16 heavy (non-hydrogen) atoms. The topological polar surface area (TPSA) is 62.2 Å². The lowest BCUT2D eigenvalue weighted by molar-refractivity contribution is 0.0948. The molecule has 0 aromatic carbocycles. The average molecular weight is 240 g/mol. The highest BCUT2D eigenvalue weighted by Gasteiger charge is 2.08. The average Bonchev–Trinajstić information content (AvgIpc) is 2.26. The van der Waals surface area contributed by atoms with E-state index in [1.54, 1.807) is 11.8 Å². The first-order valence-corrected chi connectivity index (χ1v) is 6.44. The van der Waals surface area contributed by atoms with Crippen molar-refractivity contribution < 1.29 is 9.90 Å². The molecule has 88 valence electrons. The molecule has 1 unspecified atom stereocenters. The summed E-state index contributed by atoms with van der Waals surface area (Å²) < 4.78 is 0. The lowest BCUT2D eigenvalue weighted by Gasteiger charge is -2.10. The van der Waals surface area contributed by atoms with E-state index < -0.39 is 0 Å². The molecule has 1 atom stereocenters. The molecule has 4 nitrogen and oxygen atoms in total. The molecule has 0 aliphatic heterocycles. The molecular weight excluding hydrogens is 224 g/mol. The van der Waals surface area contributed by atoms with Crippen LogP contribution in [0.1, 0.15) is 17.3 Å². The van der Waals surface area contributed by atoms with Crippen molar-refractivity contribution in [2.75, 3.05) is 18.6 Å². The SMILES string of the molecule is CSCC(C)CNC(=O)c1cncc(O)c1. The monoisotopic (exact) mass is 240 g/mol. The number of nitrogens with one attached hydrogen (secondary N) is 1. The Balaban J connectivity index is 2.47. The van der Waals surface area contributed by atoms with Crippen LogP contribution in [-0.2, 0) is 0 Å². The molecule has 0 saturated heterocycles. The minimum absolute atomic E-state index is 0.00446. The maximum atomic E-state index is 11.6. The summed E-state index contributed by atoms with van der Waals surface area (Å²) >= 11 is 1.76. The summed E-state index contributed by atoms with van der Waals surface area (Å²) in [6.07, 6.45) is 4.78. The molecule has 0 spiro atoms. The highest BCUT2D eigenvalue weighted by atomic mass is 32.2. The molecule has 0 saturated carbocycles. The second-order valence-electron chi connectivity index (χ2n) is 3.70. The highest BCUT2D eigenvalue weighted by Crippen LogP contribution is 2.08. The van der Waals surface area contributed by atoms with Gasteiger partial charge in [0.1, 0.15) is 5.75 Å². The van der Waals surface area contributed by atoms with Crippen molar-refractivity contribution in [2.24, 2.45) is 5.92 Å². The van der Waals surface area contributed by atoms with Crippen molar-refractivity contribution in [3.63, 3.8) is 0 Å². The van der Waals surface area contributed by atoms with Gasteiger partial charge >= 0.3 is 0 Å². The van der Waals surface area contributed by atoms with Crippen LogP contribution in [0.5, 0.6) is 5.75 Å². The Morgan fingerprint density at radius 3 is 3.00 bits per heavy atom. The number of pyridine rings is 1. The maximum Gasteiger partial charge on any atom is 0.252 e. The van der Waals surface area contributed by atoms with Gasteiger partial charge in [0.05, 0.1) is 11.8 Å². The summed E-state index contributed by atoms with van der Waals surface area (Å²) in [5, 5.41) is 12.0. The van der Waals surface area contributed by atoms with Crippen molar-refractivity contribution in [2.45, 2.75) is 6.92 Å². The summed E-state index contributed by atoms with van der Waals surface area (Å²) in [6, 6.07) is 1.40. The van der Waals surface area contributed by atoms with E-state index in [9.17, 15) is 9.90 Å². The van der Waals surface area contributed by atoms with E-state index in [-0.39, 0.29) is 11.7 Å². The first-order valence-electron chi connectivity index (χ1n) is 5.04. The van der Waals surface area contributed by atoms with Crippen LogP contribution in [0.2, 0.25) is 0 Å². The second-order valence-corrected chi connectivity index (χ2v) is 4.61. The van der Waals surface area contributed by atoms with Crippen molar-refractivity contribution >= 4 is 17.7 Å². The third kappa shape index (κ3) is 4.10. The van der Waals surface area contributed by atoms with Crippen LogP contribution in [0.3, 0.4) is 0 Å². The fraction of sp³-hybridized carbons (Fsp3) is 0.455. The molecule has 1 amide bonds. The zero-order valence-electron chi connectivity index (χ0n) is 9.43. The molecule has 1 aromatic rings. The summed E-state index contributed by atoms with van der Waals surface area (Å²) in [4.78, 5) is 15.4. The molecule has 5 heteroatoms. The lowest BCUT2D eigenvalue weighted by atomic mass is 10.2. The molecular formula is C11H16N2O2S. The predicted molar refractivity (Wildman–Crippen MR) is 65.8 cm³/mol. The van der Waals surface area contributed by atoms with Crippen molar-refractivity contribution in [1.82, 2.24) is 10.3 Å². The number of hydrogen-bond donors (Lipinski definition) is 2. The van der Waals surface area contributed by atoms with E-state index in [4.69, 9.17) is 0 Å². The van der Waals surface area contributed by atoms with Crippen LogP contribution in [0.15, 0.2) is 18.5 Å². The van der Waals surface area contributed by atoms with Crippen LogP contribution >= 0.6 is 11.8 Å². The summed E-state index contributed by atoms with van der Waals surface area (Å²) in [5.41, 5.74) is 0.386. The molecule has 1 rings (SSSR count). The fourth-order valence-corrected chi connectivity index (χ4v) is 1.95. The minimum atomic E-state index is -0.198. The van der Waals surface area contributed by atoms with Crippen molar-refractivity contribution in [3.8, 4) is 5.75 Å². The van der Waals surface area contributed by atoms with Gasteiger partial charge in [-0.15, -0.1) is 0 Å². The molecule has 0 aliphatic carbocycles. The van der Waals surface area contributed by atoms with Crippen LogP contribution in [-0.4, -0.2) is 34.6 Å². The Bertz CT molecular complexity index is 358. The Morgan fingerprint density at radius 1 is 1.62 bits per heavy atom. The first-order chi connectivity index (χ1) is 7.63. The second kappa shape index (κ2) is 6.37. The van der Waals surface area contributed by atoms with Crippen LogP contribution in [0.4, 0.5) is 0 Å². The number of carbonyl (C=O) groups is 1. The van der Waals surface area contributed by atoms with Crippen molar-refractivity contribution in [3.05, 3.63) is 24.0 Å². The van der Waals surface area contributed by atoms with Gasteiger partial charge < -0.3 is 10.4 Å². The third-order valence-electron chi connectivity index (χ3n) is 2.05. The number of aromatic hydroxyl groups is 1. The summed E-state index contributed by atoms with van der Waals surface area (Å²) in [5.74, 6) is 1.25. The molecule has 0 bridgehead atoms. The van der Waals surface area contributed by atoms with Crippen molar-refractivity contribution in [1.29, 1.82) is 0 Å². The molecule has 1 aromatic heterocycles. The van der Waals surface area contributed by atoms with Gasteiger partial charge in [-0.1, -0.05) is 6.92 Å². The summed E-state index contributed by atoms with van der Waals surface area (Å²) in [7, 11) is 0. The Morgan fingerprint density at radius 2 is 2.38 bits per heavy atom. The first kappa shape index (κ1) is 12.8. The van der Waals surface area contributed by atoms with Gasteiger partial charge in [-0.05, 0) is 24.0 Å². The maximum absolute atomic E-state index is 11.6. The Hall–Kier alpha value is -1.23. The van der Waals surface area contributed by atoms with E-state index in [1.807, 2.05) is 6.26 Å². The van der Waals surface area contributed by atoms with Gasteiger partial charge in [0.15, 0.2) is 0 Å². The van der Waals surface area contributed by atoms with Gasteiger partial charge in [0.25, 0.3) is 5.91 Å². The van der Waals surface area contributed by atoms with E-state index in [2.05, 4.69) is 17.2 Å². The summed E-state index contributed by atoms with van der Waals surface area (Å²) in [6.45, 7) is 2.72. The number of rotatable bonds is 5. The lowest BCUT2D eigenvalue weighted by Crippen LogP contribution is -2.29. The standard InChI is InChI=1S/C11H16N2O2S/c1-8(7-16-2)4-13-11(15)9-3-10(14)6-12-5-9/h3,5-6,8,14H,4,7H2,1-2H3,(H,13,15). The van der Waals surface area contributed by atoms with Gasteiger partial charge in [0, 0.05) is 12.7 Å². The number of thioether (sulfide) groups is 1. The molecule has 0 fully saturated rings.